The highest BCUT2D eigenvalue weighted by molar-refractivity contribution is 6.51. The average Bonchev–Trinajstić information content (AvgIpc) is 3.10. The molecule has 174 valence electrons. The number of amides is 1. The number of aliphatic hydroxyl groups excluding tert-OH is 1. The fourth-order valence-corrected chi connectivity index (χ4v) is 4.21. The molecular formula is C29H29NO4. The molecule has 3 aromatic carbocycles. The zero-order valence-corrected chi connectivity index (χ0v) is 19.9. The van der Waals surface area contributed by atoms with Gasteiger partial charge in [0.2, 0.25) is 0 Å². The van der Waals surface area contributed by atoms with Gasteiger partial charge in [0.1, 0.15) is 11.5 Å². The number of aryl methyl sites for hydroxylation is 1. The average molecular weight is 456 g/mol. The molecule has 1 aliphatic rings. The van der Waals surface area contributed by atoms with Crippen molar-refractivity contribution in [3.05, 3.63) is 101 Å². The number of aliphatic hydroxyl groups is 1. The van der Waals surface area contributed by atoms with Gasteiger partial charge >= 0.3 is 0 Å². The molecule has 0 spiro atoms. The van der Waals surface area contributed by atoms with E-state index in [-0.39, 0.29) is 11.3 Å². The molecule has 0 bridgehead atoms. The molecule has 5 heteroatoms. The van der Waals surface area contributed by atoms with Gasteiger partial charge in [0, 0.05) is 11.3 Å². The zero-order chi connectivity index (χ0) is 24.4. The maximum atomic E-state index is 13.3. The molecule has 3 aromatic rings. The highest BCUT2D eigenvalue weighted by atomic mass is 16.5. The van der Waals surface area contributed by atoms with Crippen LogP contribution in [0.3, 0.4) is 0 Å². The molecule has 1 amide bonds. The van der Waals surface area contributed by atoms with E-state index >= 15 is 0 Å². The van der Waals surface area contributed by atoms with E-state index in [0.29, 0.717) is 35.1 Å². The molecule has 1 unspecified atom stereocenters. The summed E-state index contributed by atoms with van der Waals surface area (Å²) in [5, 5.41) is 11.2. The third-order valence-corrected chi connectivity index (χ3v) is 6.11. The Hall–Kier alpha value is -3.86. The van der Waals surface area contributed by atoms with E-state index in [2.05, 4.69) is 13.8 Å². The van der Waals surface area contributed by atoms with Crippen LogP contribution in [0, 0.1) is 6.92 Å². The number of ketones is 1. The van der Waals surface area contributed by atoms with Crippen molar-refractivity contribution in [2.24, 2.45) is 0 Å². The van der Waals surface area contributed by atoms with Crippen LogP contribution in [0.1, 0.15) is 55.0 Å². The number of Topliss-reactive ketones (excluding diaryl/α,β-unsaturated/α-hetero) is 1. The van der Waals surface area contributed by atoms with Crippen LogP contribution in [0.4, 0.5) is 5.69 Å². The van der Waals surface area contributed by atoms with E-state index in [1.165, 1.54) is 4.90 Å². The van der Waals surface area contributed by atoms with E-state index in [0.717, 1.165) is 11.1 Å². The lowest BCUT2D eigenvalue weighted by molar-refractivity contribution is -0.132. The number of nitrogens with zero attached hydrogens (tertiary/aromatic N) is 1. The monoisotopic (exact) mass is 455 g/mol. The molecule has 0 aromatic heterocycles. The van der Waals surface area contributed by atoms with Gasteiger partial charge in [0.05, 0.1) is 18.2 Å². The van der Waals surface area contributed by atoms with Crippen LogP contribution in [-0.2, 0) is 9.59 Å². The van der Waals surface area contributed by atoms with Gasteiger partial charge in [0.25, 0.3) is 11.7 Å². The molecule has 5 nitrogen and oxygen atoms in total. The molecule has 1 fully saturated rings. The van der Waals surface area contributed by atoms with Crippen molar-refractivity contribution < 1.29 is 19.4 Å². The summed E-state index contributed by atoms with van der Waals surface area (Å²) in [5.74, 6) is -0.510. The second-order valence-electron chi connectivity index (χ2n) is 8.78. The smallest absolute Gasteiger partial charge is 0.300 e. The van der Waals surface area contributed by atoms with Gasteiger partial charge in [-0.15, -0.1) is 0 Å². The van der Waals surface area contributed by atoms with E-state index < -0.39 is 17.7 Å². The molecule has 1 saturated heterocycles. The Labute approximate surface area is 200 Å². The molecule has 0 saturated carbocycles. The quantitative estimate of drug-likeness (QED) is 0.275. The number of benzene rings is 3. The standard InChI is InChI=1S/C29H29NO4/c1-5-34-24-16-12-21(13-17-24)26-25(27(31)22-8-6-19(4)7-9-22)28(32)29(33)30(26)23-14-10-20(11-15-23)18(2)3/h6-18,26,31H,5H2,1-4H3/b27-25+. The number of hydrogen-bond acceptors (Lipinski definition) is 4. The summed E-state index contributed by atoms with van der Waals surface area (Å²) in [6, 6.07) is 21.4. The van der Waals surface area contributed by atoms with Crippen molar-refractivity contribution in [3.63, 3.8) is 0 Å². The van der Waals surface area contributed by atoms with Crippen LogP contribution >= 0.6 is 0 Å². The number of rotatable bonds is 6. The molecular weight excluding hydrogens is 426 g/mol. The van der Waals surface area contributed by atoms with E-state index in [1.54, 1.807) is 12.1 Å². The van der Waals surface area contributed by atoms with Gasteiger partial charge in [-0.1, -0.05) is 67.9 Å². The van der Waals surface area contributed by atoms with Crippen LogP contribution < -0.4 is 9.64 Å². The first-order valence-electron chi connectivity index (χ1n) is 11.5. The fourth-order valence-electron chi connectivity index (χ4n) is 4.21. The second kappa shape index (κ2) is 9.56. The number of ether oxygens (including phenoxy) is 1. The van der Waals surface area contributed by atoms with Crippen molar-refractivity contribution in [2.45, 2.75) is 39.7 Å². The summed E-state index contributed by atoms with van der Waals surface area (Å²) < 4.78 is 5.56. The molecule has 0 aliphatic carbocycles. The predicted octanol–water partition coefficient (Wildman–Crippen LogP) is 6.14. The Balaban J connectivity index is 1.87. The maximum Gasteiger partial charge on any atom is 0.300 e. The Bertz CT molecular complexity index is 1220. The summed E-state index contributed by atoms with van der Waals surface area (Å²) in [4.78, 5) is 28.0. The first-order chi connectivity index (χ1) is 16.3. The lowest BCUT2D eigenvalue weighted by Crippen LogP contribution is -2.29. The Morgan fingerprint density at radius 3 is 2.12 bits per heavy atom. The summed E-state index contributed by atoms with van der Waals surface area (Å²) >= 11 is 0. The summed E-state index contributed by atoms with van der Waals surface area (Å²) in [5.41, 5.74) is 4.06. The lowest BCUT2D eigenvalue weighted by atomic mass is 9.94. The number of carbonyl (C=O) groups is 2. The third kappa shape index (κ3) is 4.34. The van der Waals surface area contributed by atoms with E-state index in [4.69, 9.17) is 4.74 Å². The Kier molecular flexibility index (Phi) is 6.55. The van der Waals surface area contributed by atoms with Crippen molar-refractivity contribution in [1.82, 2.24) is 0 Å². The number of carbonyl (C=O) groups excluding carboxylic acids is 2. The van der Waals surface area contributed by atoms with Crippen LogP contribution in [0.2, 0.25) is 0 Å². The lowest BCUT2D eigenvalue weighted by Gasteiger charge is -2.26. The number of anilines is 1. The molecule has 1 N–H and O–H groups in total. The topological polar surface area (TPSA) is 66.8 Å². The van der Waals surface area contributed by atoms with Crippen LogP contribution in [0.15, 0.2) is 78.4 Å². The first-order valence-corrected chi connectivity index (χ1v) is 11.5. The maximum absolute atomic E-state index is 13.3. The van der Waals surface area contributed by atoms with Crippen molar-refractivity contribution >= 4 is 23.1 Å². The van der Waals surface area contributed by atoms with E-state index in [9.17, 15) is 14.7 Å². The molecule has 34 heavy (non-hydrogen) atoms. The Morgan fingerprint density at radius 2 is 1.56 bits per heavy atom. The van der Waals surface area contributed by atoms with Crippen molar-refractivity contribution in [3.8, 4) is 5.75 Å². The minimum Gasteiger partial charge on any atom is -0.507 e. The summed E-state index contributed by atoms with van der Waals surface area (Å²) in [6.45, 7) is 8.59. The predicted molar refractivity (Wildman–Crippen MR) is 134 cm³/mol. The fraction of sp³-hybridized carbons (Fsp3) is 0.241. The van der Waals surface area contributed by atoms with Gasteiger partial charge in [-0.2, -0.15) is 0 Å². The highest BCUT2D eigenvalue weighted by Gasteiger charge is 2.47. The van der Waals surface area contributed by atoms with Crippen molar-refractivity contribution in [2.75, 3.05) is 11.5 Å². The summed E-state index contributed by atoms with van der Waals surface area (Å²) in [6.07, 6.45) is 0. The zero-order valence-electron chi connectivity index (χ0n) is 19.9. The molecule has 1 atom stereocenters. The minimum atomic E-state index is -0.762. The van der Waals surface area contributed by atoms with Crippen LogP contribution in [0.5, 0.6) is 5.75 Å². The molecule has 1 heterocycles. The van der Waals surface area contributed by atoms with Gasteiger partial charge in [-0.3, -0.25) is 14.5 Å². The van der Waals surface area contributed by atoms with E-state index in [1.807, 2.05) is 74.5 Å². The first kappa shape index (κ1) is 23.3. The van der Waals surface area contributed by atoms with Crippen molar-refractivity contribution in [1.29, 1.82) is 0 Å². The van der Waals surface area contributed by atoms with Gasteiger partial charge in [-0.25, -0.2) is 0 Å². The van der Waals surface area contributed by atoms with Gasteiger partial charge in [-0.05, 0) is 55.2 Å². The normalized spacial score (nSPS) is 17.4. The van der Waals surface area contributed by atoms with Crippen LogP contribution in [-0.4, -0.2) is 23.4 Å². The highest BCUT2D eigenvalue weighted by Crippen LogP contribution is 2.42. The molecule has 0 radical (unpaired) electrons. The Morgan fingerprint density at radius 1 is 0.941 bits per heavy atom. The largest absolute Gasteiger partial charge is 0.507 e. The second-order valence-corrected chi connectivity index (χ2v) is 8.78. The summed E-state index contributed by atoms with van der Waals surface area (Å²) in [7, 11) is 0. The SMILES string of the molecule is CCOc1ccc(C2/C(=C(\O)c3ccc(C)cc3)C(=O)C(=O)N2c2ccc(C(C)C)cc2)cc1. The minimum absolute atomic E-state index is 0.0750. The van der Waals surface area contributed by atoms with Gasteiger partial charge in [0.15, 0.2) is 0 Å². The molecule has 1 aliphatic heterocycles. The van der Waals surface area contributed by atoms with Crippen LogP contribution in [0.25, 0.3) is 5.76 Å². The third-order valence-electron chi connectivity index (χ3n) is 6.11. The van der Waals surface area contributed by atoms with Gasteiger partial charge < -0.3 is 9.84 Å². The number of hydrogen-bond donors (Lipinski definition) is 1. The molecule has 4 rings (SSSR count).